The van der Waals surface area contributed by atoms with Gasteiger partial charge in [-0.3, -0.25) is 19.3 Å². The molecule has 2 saturated carbocycles. The molecule has 0 unspecified atom stereocenters. The lowest BCUT2D eigenvalue weighted by Crippen LogP contribution is -2.48. The Labute approximate surface area is 197 Å². The monoisotopic (exact) mass is 455 g/mol. The van der Waals surface area contributed by atoms with Crippen molar-refractivity contribution in [3.05, 3.63) is 83.9 Å². The Morgan fingerprint density at radius 1 is 0.853 bits per heavy atom. The molecule has 1 aliphatic heterocycles. The predicted molar refractivity (Wildman–Crippen MR) is 122 cm³/mol. The molecule has 7 rings (SSSR count). The summed E-state index contributed by atoms with van der Waals surface area (Å²) in [5.41, 5.74) is 1.26. The molecule has 5 aliphatic rings. The second kappa shape index (κ2) is 8.05. The van der Waals surface area contributed by atoms with Crippen molar-refractivity contribution in [3.63, 3.8) is 0 Å². The second-order valence-electron chi connectivity index (χ2n) is 9.80. The van der Waals surface area contributed by atoms with E-state index in [9.17, 15) is 19.2 Å². The molecule has 2 bridgehead atoms. The number of likely N-dealkylation sites (tertiary alicyclic amines) is 1. The van der Waals surface area contributed by atoms with Crippen LogP contribution in [-0.2, 0) is 25.5 Å². The zero-order chi connectivity index (χ0) is 23.4. The van der Waals surface area contributed by atoms with Gasteiger partial charge in [0, 0.05) is 12.0 Å². The number of ketones is 1. The predicted octanol–water partition coefficient (Wildman–Crippen LogP) is 3.08. The van der Waals surface area contributed by atoms with E-state index in [1.165, 1.54) is 0 Å². The number of carbonyl (C=O) groups excluding carboxylic acids is 4. The molecule has 172 valence electrons. The summed E-state index contributed by atoms with van der Waals surface area (Å²) >= 11 is 0. The Hall–Kier alpha value is -3.54. The molecule has 3 fully saturated rings. The number of rotatable bonds is 7. The van der Waals surface area contributed by atoms with Crippen LogP contribution in [0.15, 0.2) is 72.8 Å². The number of amides is 2. The number of Topliss-reactive ketones (excluding diaryl/α,β-unsaturated/α-hetero) is 1. The number of allylic oxidation sites excluding steroid dienone is 2. The van der Waals surface area contributed by atoms with Gasteiger partial charge in [0.15, 0.2) is 12.4 Å². The van der Waals surface area contributed by atoms with Crippen LogP contribution in [0.2, 0.25) is 0 Å². The lowest BCUT2D eigenvalue weighted by atomic mass is 9.63. The lowest BCUT2D eigenvalue weighted by molar-refractivity contribution is -0.158. The maximum Gasteiger partial charge on any atom is 0.330 e. The van der Waals surface area contributed by atoms with Crippen molar-refractivity contribution in [2.45, 2.75) is 18.9 Å². The molecular weight excluding hydrogens is 430 g/mol. The molecule has 6 nitrogen and oxygen atoms in total. The summed E-state index contributed by atoms with van der Waals surface area (Å²) in [6.45, 7) is -0.436. The van der Waals surface area contributed by atoms with Crippen LogP contribution in [0.5, 0.6) is 0 Å². The molecule has 0 N–H and O–H groups in total. The minimum atomic E-state index is -1.09. The highest BCUT2D eigenvalue weighted by Crippen LogP contribution is 2.65. The van der Waals surface area contributed by atoms with Crippen LogP contribution in [0.25, 0.3) is 0 Å². The molecule has 0 spiro atoms. The normalized spacial score (nSPS) is 31.1. The van der Waals surface area contributed by atoms with Crippen molar-refractivity contribution in [3.8, 4) is 0 Å². The van der Waals surface area contributed by atoms with Crippen molar-refractivity contribution in [1.82, 2.24) is 4.90 Å². The van der Waals surface area contributed by atoms with Crippen molar-refractivity contribution in [2.75, 3.05) is 6.61 Å². The van der Waals surface area contributed by atoms with Crippen molar-refractivity contribution >= 4 is 23.6 Å². The minimum absolute atomic E-state index is 0.0782. The number of imide groups is 1. The zero-order valence-electron chi connectivity index (χ0n) is 18.6. The van der Waals surface area contributed by atoms with Crippen LogP contribution in [0.4, 0.5) is 0 Å². The molecule has 1 saturated heterocycles. The highest BCUT2D eigenvalue weighted by molar-refractivity contribution is 6.09. The summed E-state index contributed by atoms with van der Waals surface area (Å²) in [5, 5.41) is 0. The maximum absolute atomic E-state index is 13.6. The van der Waals surface area contributed by atoms with E-state index in [0.717, 1.165) is 16.9 Å². The van der Waals surface area contributed by atoms with E-state index >= 15 is 0 Å². The fourth-order valence-electron chi connectivity index (χ4n) is 6.34. The summed E-state index contributed by atoms with van der Waals surface area (Å²) in [5.74, 6) is -1.25. The van der Waals surface area contributed by atoms with Gasteiger partial charge in [0.05, 0.1) is 11.8 Å². The van der Waals surface area contributed by atoms with E-state index in [1.54, 1.807) is 30.3 Å². The van der Waals surface area contributed by atoms with Crippen LogP contribution >= 0.6 is 0 Å². The quantitative estimate of drug-likeness (QED) is 0.277. The number of carbonyl (C=O) groups is 4. The van der Waals surface area contributed by atoms with Crippen LogP contribution in [0, 0.1) is 35.5 Å². The standard InChI is InChI=1S/C28H25NO5/c30-23(17-9-5-2-6-10-17)15-34-28(33)22(13-16-7-3-1-4-8-16)29-26(31)24-18-11-12-19(21-14-20(18)21)25(24)27(29)32/h1-12,18-22,24-25H,13-15H2/t18-,19-,20-,21-,22-,24-,25+/m1/s1. The number of hydrogen-bond donors (Lipinski definition) is 0. The first-order chi connectivity index (χ1) is 16.5. The number of benzene rings is 2. The lowest BCUT2D eigenvalue weighted by Gasteiger charge is -2.37. The smallest absolute Gasteiger partial charge is 0.330 e. The highest BCUT2D eigenvalue weighted by Gasteiger charge is 2.68. The number of hydrogen-bond acceptors (Lipinski definition) is 5. The molecule has 2 amide bonds. The average molecular weight is 456 g/mol. The number of esters is 1. The van der Waals surface area contributed by atoms with Gasteiger partial charge in [-0.1, -0.05) is 72.8 Å². The van der Waals surface area contributed by atoms with E-state index in [2.05, 4.69) is 12.2 Å². The van der Waals surface area contributed by atoms with E-state index in [1.807, 2.05) is 30.3 Å². The Morgan fingerprint density at radius 2 is 1.41 bits per heavy atom. The molecule has 2 aromatic rings. The van der Waals surface area contributed by atoms with Crippen LogP contribution < -0.4 is 0 Å². The van der Waals surface area contributed by atoms with Crippen LogP contribution in [-0.4, -0.2) is 41.1 Å². The Kier molecular flexibility index (Phi) is 4.97. The van der Waals surface area contributed by atoms with Gasteiger partial charge in [-0.05, 0) is 35.7 Å². The van der Waals surface area contributed by atoms with Crippen molar-refractivity contribution < 1.29 is 23.9 Å². The Bertz CT molecular complexity index is 1150. The van der Waals surface area contributed by atoms with Crippen LogP contribution in [0.1, 0.15) is 22.3 Å². The van der Waals surface area contributed by atoms with Gasteiger partial charge in [-0.15, -0.1) is 0 Å². The molecular formula is C28H25NO5. The SMILES string of the molecule is O=C(COC(=O)[C@@H](Cc1ccccc1)N1C(=O)[C@@H]2[C@@H]3C=C[C@H]([C@H]4C[C@H]34)[C@@H]2C1=O)c1ccccc1. The average Bonchev–Trinajstić information content (AvgIpc) is 3.65. The Balaban J connectivity index is 1.26. The molecule has 2 aromatic carbocycles. The van der Waals surface area contributed by atoms with Gasteiger partial charge in [-0.25, -0.2) is 4.79 Å². The topological polar surface area (TPSA) is 80.8 Å². The van der Waals surface area contributed by atoms with Gasteiger partial charge in [-0.2, -0.15) is 0 Å². The van der Waals surface area contributed by atoms with E-state index in [-0.39, 0.29) is 47.7 Å². The summed E-state index contributed by atoms with van der Waals surface area (Å²) in [6, 6.07) is 16.8. The van der Waals surface area contributed by atoms with Gasteiger partial charge in [0.1, 0.15) is 6.04 Å². The zero-order valence-corrected chi connectivity index (χ0v) is 18.6. The Morgan fingerprint density at radius 3 is 2.00 bits per heavy atom. The molecule has 1 heterocycles. The van der Waals surface area contributed by atoms with E-state index in [4.69, 9.17) is 4.74 Å². The number of ether oxygens (including phenoxy) is 1. The third-order valence-corrected chi connectivity index (χ3v) is 7.99. The van der Waals surface area contributed by atoms with Gasteiger partial charge in [0.25, 0.3) is 0 Å². The van der Waals surface area contributed by atoms with E-state index < -0.39 is 18.6 Å². The molecule has 6 heteroatoms. The summed E-state index contributed by atoms with van der Waals surface area (Å²) < 4.78 is 5.40. The third kappa shape index (κ3) is 3.31. The van der Waals surface area contributed by atoms with Crippen molar-refractivity contribution in [2.24, 2.45) is 35.5 Å². The summed E-state index contributed by atoms with van der Waals surface area (Å²) in [7, 11) is 0. The maximum atomic E-state index is 13.6. The number of nitrogens with zero attached hydrogens (tertiary/aromatic N) is 1. The third-order valence-electron chi connectivity index (χ3n) is 7.99. The largest absolute Gasteiger partial charge is 0.456 e. The first kappa shape index (κ1) is 21.0. The van der Waals surface area contributed by atoms with Gasteiger partial charge in [0.2, 0.25) is 11.8 Å². The molecule has 0 radical (unpaired) electrons. The summed E-state index contributed by atoms with van der Waals surface area (Å²) in [6.07, 6.45) is 5.45. The van der Waals surface area contributed by atoms with Crippen molar-refractivity contribution in [1.29, 1.82) is 0 Å². The molecule has 7 atom stereocenters. The highest BCUT2D eigenvalue weighted by atomic mass is 16.5. The van der Waals surface area contributed by atoms with Gasteiger partial charge < -0.3 is 4.74 Å². The van der Waals surface area contributed by atoms with Gasteiger partial charge >= 0.3 is 5.97 Å². The molecule has 4 aliphatic carbocycles. The first-order valence-corrected chi connectivity index (χ1v) is 11.9. The minimum Gasteiger partial charge on any atom is -0.456 e. The fraction of sp³-hybridized carbons (Fsp3) is 0.357. The molecule has 34 heavy (non-hydrogen) atoms. The fourth-order valence-corrected chi connectivity index (χ4v) is 6.34. The summed E-state index contributed by atoms with van der Waals surface area (Å²) in [4.78, 5) is 54.1. The first-order valence-electron chi connectivity index (χ1n) is 11.9. The molecule has 0 aromatic heterocycles. The second-order valence-corrected chi connectivity index (χ2v) is 9.80. The van der Waals surface area contributed by atoms with E-state index in [0.29, 0.717) is 17.4 Å². The van der Waals surface area contributed by atoms with Crippen LogP contribution in [0.3, 0.4) is 0 Å².